The van der Waals surface area contributed by atoms with Gasteiger partial charge in [-0.15, -0.1) is 6.58 Å². The molecule has 1 amide bonds. The molecule has 1 heterocycles. The van der Waals surface area contributed by atoms with E-state index in [9.17, 15) is 4.79 Å². The van der Waals surface area contributed by atoms with Gasteiger partial charge in [0, 0.05) is 6.54 Å². The fourth-order valence-electron chi connectivity index (χ4n) is 3.23. The minimum Gasteiger partial charge on any atom is -0.493 e. The van der Waals surface area contributed by atoms with Crippen molar-refractivity contribution in [2.75, 3.05) is 20.8 Å². The lowest BCUT2D eigenvalue weighted by Gasteiger charge is -2.53. The molecule has 120 valence electrons. The molecular formula is C18H25NO3. The van der Waals surface area contributed by atoms with Gasteiger partial charge in [0.25, 0.3) is 0 Å². The largest absolute Gasteiger partial charge is 0.493 e. The van der Waals surface area contributed by atoms with E-state index >= 15 is 0 Å². The van der Waals surface area contributed by atoms with Crippen LogP contribution in [0.4, 0.5) is 0 Å². The van der Waals surface area contributed by atoms with Crippen LogP contribution in [0.1, 0.15) is 32.3 Å². The number of rotatable bonds is 5. The van der Waals surface area contributed by atoms with Crippen LogP contribution in [0.25, 0.3) is 0 Å². The number of amides is 1. The molecule has 4 heteroatoms. The molecule has 0 aliphatic carbocycles. The summed E-state index contributed by atoms with van der Waals surface area (Å²) >= 11 is 0. The molecule has 1 aliphatic heterocycles. The summed E-state index contributed by atoms with van der Waals surface area (Å²) in [6.07, 6.45) is 1.78. The highest BCUT2D eigenvalue weighted by atomic mass is 16.5. The minimum atomic E-state index is -0.139. The first-order valence-corrected chi connectivity index (χ1v) is 7.48. The second-order valence-corrected chi connectivity index (χ2v) is 6.68. The third-order valence-electron chi connectivity index (χ3n) is 4.18. The fraction of sp³-hybridized carbons (Fsp3) is 0.500. The first-order valence-electron chi connectivity index (χ1n) is 7.48. The van der Waals surface area contributed by atoms with E-state index in [1.54, 1.807) is 20.3 Å². The maximum Gasteiger partial charge on any atom is 0.232 e. The van der Waals surface area contributed by atoms with Crippen LogP contribution in [0.3, 0.4) is 0 Å². The number of ether oxygens (including phenoxy) is 2. The van der Waals surface area contributed by atoms with Gasteiger partial charge in [0.1, 0.15) is 0 Å². The molecule has 0 spiro atoms. The molecule has 0 radical (unpaired) electrons. The molecule has 1 aromatic carbocycles. The van der Waals surface area contributed by atoms with E-state index in [1.807, 2.05) is 23.1 Å². The van der Waals surface area contributed by atoms with Crippen molar-refractivity contribution in [2.45, 2.75) is 32.7 Å². The number of likely N-dealkylation sites (tertiary alicyclic amines) is 1. The highest BCUT2D eigenvalue weighted by Gasteiger charge is 2.52. The van der Waals surface area contributed by atoms with Crippen molar-refractivity contribution in [2.24, 2.45) is 5.41 Å². The summed E-state index contributed by atoms with van der Waals surface area (Å²) in [5, 5.41) is 0. The van der Waals surface area contributed by atoms with E-state index in [1.165, 1.54) is 0 Å². The van der Waals surface area contributed by atoms with Crippen LogP contribution < -0.4 is 9.47 Å². The molecule has 1 aliphatic rings. The highest BCUT2D eigenvalue weighted by molar-refractivity contribution is 5.91. The van der Waals surface area contributed by atoms with Crippen molar-refractivity contribution in [1.82, 2.24) is 4.90 Å². The van der Waals surface area contributed by atoms with Crippen molar-refractivity contribution in [3.63, 3.8) is 0 Å². The van der Waals surface area contributed by atoms with Crippen LogP contribution in [-0.4, -0.2) is 37.6 Å². The zero-order chi connectivity index (χ0) is 16.5. The lowest BCUT2D eigenvalue weighted by molar-refractivity contribution is -0.155. The Morgan fingerprint density at radius 1 is 1.23 bits per heavy atom. The number of benzene rings is 1. The monoisotopic (exact) mass is 303 g/mol. The van der Waals surface area contributed by atoms with Crippen LogP contribution in [0.15, 0.2) is 30.9 Å². The molecular weight excluding hydrogens is 278 g/mol. The maximum absolute atomic E-state index is 12.6. The smallest absolute Gasteiger partial charge is 0.232 e. The number of methoxy groups -OCH3 is 2. The molecule has 2 rings (SSSR count). The molecule has 2 atom stereocenters. The Morgan fingerprint density at radius 3 is 2.36 bits per heavy atom. The Balaban J connectivity index is 2.38. The van der Waals surface area contributed by atoms with Crippen molar-refractivity contribution in [3.8, 4) is 11.5 Å². The van der Waals surface area contributed by atoms with Crippen LogP contribution in [0.5, 0.6) is 11.5 Å². The average Bonchev–Trinajstić information content (AvgIpc) is 2.48. The molecule has 22 heavy (non-hydrogen) atoms. The van der Waals surface area contributed by atoms with Gasteiger partial charge in [-0.05, 0) is 23.1 Å². The molecule has 0 aromatic heterocycles. The SMILES string of the molecule is C=CCN1C(=O)[C@@H](c2ccc(OC)c(OC)c2)[C@@H]1C(C)(C)C. The summed E-state index contributed by atoms with van der Waals surface area (Å²) in [5.74, 6) is 1.34. The van der Waals surface area contributed by atoms with Gasteiger partial charge in [-0.3, -0.25) is 4.79 Å². The topological polar surface area (TPSA) is 38.8 Å². The number of carbonyl (C=O) groups is 1. The Bertz CT molecular complexity index is 574. The van der Waals surface area contributed by atoms with Crippen molar-refractivity contribution < 1.29 is 14.3 Å². The predicted molar refractivity (Wildman–Crippen MR) is 87.4 cm³/mol. The standard InChI is InChI=1S/C18H25NO3/c1-7-10-19-16(18(2,3)4)15(17(19)20)12-8-9-13(21-5)14(11-12)22-6/h7-9,11,15-16H,1,10H2,2-6H3/t15-,16+/m0/s1. The first-order chi connectivity index (χ1) is 10.3. The van der Waals surface area contributed by atoms with E-state index in [4.69, 9.17) is 9.47 Å². The Labute approximate surface area is 132 Å². The van der Waals surface area contributed by atoms with Crippen LogP contribution in [0.2, 0.25) is 0 Å². The van der Waals surface area contributed by atoms with Gasteiger partial charge in [-0.2, -0.15) is 0 Å². The van der Waals surface area contributed by atoms with Gasteiger partial charge >= 0.3 is 0 Å². The second kappa shape index (κ2) is 6.03. The Kier molecular flexibility index (Phi) is 4.50. The van der Waals surface area contributed by atoms with Gasteiger partial charge in [-0.25, -0.2) is 0 Å². The summed E-state index contributed by atoms with van der Waals surface area (Å²) in [4.78, 5) is 14.5. The molecule has 0 saturated carbocycles. The number of β-lactam (4-membered cyclic amide) rings is 1. The number of hydrogen-bond acceptors (Lipinski definition) is 3. The molecule has 4 nitrogen and oxygen atoms in total. The molecule has 0 N–H and O–H groups in total. The average molecular weight is 303 g/mol. The van der Waals surface area contributed by atoms with Crippen molar-refractivity contribution >= 4 is 5.91 Å². The summed E-state index contributed by atoms with van der Waals surface area (Å²) in [7, 11) is 3.21. The van der Waals surface area contributed by atoms with E-state index in [0.29, 0.717) is 18.0 Å². The zero-order valence-electron chi connectivity index (χ0n) is 14.1. The minimum absolute atomic E-state index is 0.00521. The zero-order valence-corrected chi connectivity index (χ0v) is 14.1. The number of hydrogen-bond donors (Lipinski definition) is 0. The normalized spacial score (nSPS) is 21.3. The third kappa shape index (κ3) is 2.70. The van der Waals surface area contributed by atoms with Crippen molar-refractivity contribution in [3.05, 3.63) is 36.4 Å². The van der Waals surface area contributed by atoms with Crippen LogP contribution in [-0.2, 0) is 4.79 Å². The molecule has 0 unspecified atom stereocenters. The molecule has 1 fully saturated rings. The molecule has 1 aromatic rings. The van der Waals surface area contributed by atoms with Gasteiger partial charge in [0.15, 0.2) is 11.5 Å². The van der Waals surface area contributed by atoms with E-state index < -0.39 is 0 Å². The lowest BCUT2D eigenvalue weighted by Crippen LogP contribution is -2.64. The molecule has 0 bridgehead atoms. The van der Waals surface area contributed by atoms with Gasteiger partial charge in [0.2, 0.25) is 5.91 Å². The Morgan fingerprint density at radius 2 is 1.86 bits per heavy atom. The highest BCUT2D eigenvalue weighted by Crippen LogP contribution is 2.46. The number of nitrogens with zero attached hydrogens (tertiary/aromatic N) is 1. The van der Waals surface area contributed by atoms with Gasteiger partial charge in [0.05, 0.1) is 26.2 Å². The van der Waals surface area contributed by atoms with E-state index in [-0.39, 0.29) is 23.3 Å². The fourth-order valence-corrected chi connectivity index (χ4v) is 3.23. The third-order valence-corrected chi connectivity index (χ3v) is 4.18. The van der Waals surface area contributed by atoms with Gasteiger partial charge < -0.3 is 14.4 Å². The maximum atomic E-state index is 12.6. The first kappa shape index (κ1) is 16.4. The van der Waals surface area contributed by atoms with E-state index in [2.05, 4.69) is 27.4 Å². The summed E-state index contributed by atoms with van der Waals surface area (Å²) in [5.41, 5.74) is 0.970. The number of carbonyl (C=O) groups excluding carboxylic acids is 1. The van der Waals surface area contributed by atoms with Crippen LogP contribution >= 0.6 is 0 Å². The second-order valence-electron chi connectivity index (χ2n) is 6.68. The summed E-state index contributed by atoms with van der Waals surface area (Å²) in [6, 6.07) is 5.87. The van der Waals surface area contributed by atoms with Crippen LogP contribution in [0, 0.1) is 5.41 Å². The summed E-state index contributed by atoms with van der Waals surface area (Å²) < 4.78 is 10.6. The molecule has 1 saturated heterocycles. The Hall–Kier alpha value is -1.97. The predicted octanol–water partition coefficient (Wildman–Crippen LogP) is 3.23. The van der Waals surface area contributed by atoms with E-state index in [0.717, 1.165) is 5.56 Å². The quantitative estimate of drug-likeness (QED) is 0.619. The summed E-state index contributed by atoms with van der Waals surface area (Å²) in [6.45, 7) is 10.8. The van der Waals surface area contributed by atoms with Gasteiger partial charge in [-0.1, -0.05) is 32.9 Å². The lowest BCUT2D eigenvalue weighted by atomic mass is 9.69. The van der Waals surface area contributed by atoms with Crippen molar-refractivity contribution in [1.29, 1.82) is 0 Å².